The zero-order valence-electron chi connectivity index (χ0n) is 10.8. The Morgan fingerprint density at radius 2 is 1.70 bits per heavy atom. The third-order valence-electron chi connectivity index (χ3n) is 2.70. The van der Waals surface area contributed by atoms with Crippen LogP contribution in [0.5, 0.6) is 0 Å². The van der Waals surface area contributed by atoms with E-state index in [1.165, 1.54) is 18.2 Å². The molecule has 0 saturated heterocycles. The van der Waals surface area contributed by atoms with Gasteiger partial charge in [-0.15, -0.1) is 0 Å². The normalized spacial score (nSPS) is 10.6. The maximum atomic E-state index is 12.2. The van der Waals surface area contributed by atoms with Gasteiger partial charge in [-0.05, 0) is 42.5 Å². The lowest BCUT2D eigenvalue weighted by atomic mass is 10.2. The Morgan fingerprint density at radius 3 is 2.30 bits per heavy atom. The van der Waals surface area contributed by atoms with Crippen LogP contribution in [-0.4, -0.2) is 15.5 Å². The molecular weight excluding hydrogens is 274 g/mol. The molecule has 0 saturated carbocycles. The van der Waals surface area contributed by atoms with E-state index in [1.807, 2.05) is 6.07 Å². The van der Waals surface area contributed by atoms with Crippen LogP contribution in [-0.2, 0) is 10.0 Å². The molecule has 2 aromatic carbocycles. The first-order valence-electron chi connectivity index (χ1n) is 5.86. The molecule has 0 aliphatic rings. The summed E-state index contributed by atoms with van der Waals surface area (Å²) in [6.45, 7) is 0. The van der Waals surface area contributed by atoms with Crippen molar-refractivity contribution in [3.05, 3.63) is 54.1 Å². The molecule has 0 atom stereocenters. The smallest absolute Gasteiger partial charge is 0.261 e. The summed E-state index contributed by atoms with van der Waals surface area (Å²) in [5.41, 5.74) is 1.66. The Bertz CT molecular complexity index is 747. The summed E-state index contributed by atoms with van der Waals surface area (Å²) in [5.74, 6) is 0. The molecule has 2 N–H and O–H groups in total. The van der Waals surface area contributed by atoms with Gasteiger partial charge in [0.05, 0.1) is 16.5 Å². The van der Waals surface area contributed by atoms with Crippen LogP contribution in [0.1, 0.15) is 5.56 Å². The van der Waals surface area contributed by atoms with Gasteiger partial charge in [-0.1, -0.05) is 6.07 Å². The van der Waals surface area contributed by atoms with Gasteiger partial charge in [0.25, 0.3) is 10.0 Å². The third kappa shape index (κ3) is 3.08. The highest BCUT2D eigenvalue weighted by Gasteiger charge is 2.14. The van der Waals surface area contributed by atoms with E-state index in [1.54, 1.807) is 37.4 Å². The molecule has 20 heavy (non-hydrogen) atoms. The summed E-state index contributed by atoms with van der Waals surface area (Å²) in [6, 6.07) is 14.7. The standard InChI is InChI=1S/C14H13N3O2S/c1-16-12-5-7-13(8-6-12)17-20(18,19)14-4-2-3-11(9-14)10-15/h2-9,16-17H,1H3. The molecule has 102 valence electrons. The maximum Gasteiger partial charge on any atom is 0.261 e. The molecule has 0 aliphatic heterocycles. The number of anilines is 2. The van der Waals surface area contributed by atoms with Gasteiger partial charge < -0.3 is 5.32 Å². The fourth-order valence-corrected chi connectivity index (χ4v) is 2.76. The zero-order valence-corrected chi connectivity index (χ0v) is 11.6. The monoisotopic (exact) mass is 287 g/mol. The van der Waals surface area contributed by atoms with Crippen LogP contribution in [0.2, 0.25) is 0 Å². The Kier molecular flexibility index (Phi) is 3.91. The Labute approximate surface area is 117 Å². The summed E-state index contributed by atoms with van der Waals surface area (Å²) >= 11 is 0. The number of nitriles is 1. The number of nitrogens with zero attached hydrogens (tertiary/aromatic N) is 1. The van der Waals surface area contributed by atoms with Crippen molar-refractivity contribution in [2.45, 2.75) is 4.90 Å². The minimum absolute atomic E-state index is 0.0641. The van der Waals surface area contributed by atoms with Crippen LogP contribution < -0.4 is 10.0 Å². The van der Waals surface area contributed by atoms with E-state index >= 15 is 0 Å². The average molecular weight is 287 g/mol. The van der Waals surface area contributed by atoms with Crippen LogP contribution in [0.3, 0.4) is 0 Å². The lowest BCUT2D eigenvalue weighted by Crippen LogP contribution is -2.13. The quantitative estimate of drug-likeness (QED) is 0.904. The van der Waals surface area contributed by atoms with Gasteiger partial charge in [-0.2, -0.15) is 5.26 Å². The van der Waals surface area contributed by atoms with E-state index in [4.69, 9.17) is 5.26 Å². The van der Waals surface area contributed by atoms with Gasteiger partial charge in [-0.3, -0.25) is 4.72 Å². The maximum absolute atomic E-state index is 12.2. The highest BCUT2D eigenvalue weighted by molar-refractivity contribution is 7.92. The van der Waals surface area contributed by atoms with Crippen molar-refractivity contribution in [2.75, 3.05) is 17.1 Å². The van der Waals surface area contributed by atoms with Crippen molar-refractivity contribution in [1.82, 2.24) is 0 Å². The summed E-state index contributed by atoms with van der Waals surface area (Å²) in [4.78, 5) is 0.0641. The van der Waals surface area contributed by atoms with Crippen molar-refractivity contribution in [3.8, 4) is 6.07 Å². The molecule has 2 aromatic rings. The number of hydrogen-bond donors (Lipinski definition) is 2. The molecule has 0 radical (unpaired) electrons. The first kappa shape index (κ1) is 13.9. The lowest BCUT2D eigenvalue weighted by molar-refractivity contribution is 0.601. The van der Waals surface area contributed by atoms with E-state index < -0.39 is 10.0 Å². The Morgan fingerprint density at radius 1 is 1.05 bits per heavy atom. The molecule has 6 heteroatoms. The van der Waals surface area contributed by atoms with Crippen LogP contribution in [0, 0.1) is 11.3 Å². The van der Waals surface area contributed by atoms with Gasteiger partial charge in [0.15, 0.2) is 0 Å². The van der Waals surface area contributed by atoms with Gasteiger partial charge in [0.2, 0.25) is 0 Å². The second kappa shape index (κ2) is 5.63. The minimum atomic E-state index is -3.69. The SMILES string of the molecule is CNc1ccc(NS(=O)(=O)c2cccc(C#N)c2)cc1. The van der Waals surface area contributed by atoms with E-state index in [9.17, 15) is 8.42 Å². The summed E-state index contributed by atoms with van der Waals surface area (Å²) in [6.07, 6.45) is 0. The molecule has 2 rings (SSSR count). The van der Waals surface area contributed by atoms with E-state index in [2.05, 4.69) is 10.0 Å². The summed E-state index contributed by atoms with van der Waals surface area (Å²) in [5, 5.41) is 11.8. The van der Waals surface area contributed by atoms with E-state index in [-0.39, 0.29) is 4.90 Å². The number of hydrogen-bond acceptors (Lipinski definition) is 4. The minimum Gasteiger partial charge on any atom is -0.388 e. The van der Waals surface area contributed by atoms with Crippen molar-refractivity contribution in [2.24, 2.45) is 0 Å². The average Bonchev–Trinajstić information content (AvgIpc) is 2.48. The highest BCUT2D eigenvalue weighted by Crippen LogP contribution is 2.18. The van der Waals surface area contributed by atoms with Gasteiger partial charge in [-0.25, -0.2) is 8.42 Å². The molecule has 0 amide bonds. The number of nitrogens with one attached hydrogen (secondary N) is 2. The third-order valence-corrected chi connectivity index (χ3v) is 4.08. The molecule has 0 fully saturated rings. The van der Waals surface area contributed by atoms with Gasteiger partial charge >= 0.3 is 0 Å². The highest BCUT2D eigenvalue weighted by atomic mass is 32.2. The zero-order chi connectivity index (χ0) is 14.6. The van der Waals surface area contributed by atoms with Crippen molar-refractivity contribution >= 4 is 21.4 Å². The predicted octanol–water partition coefficient (Wildman–Crippen LogP) is 2.40. The van der Waals surface area contributed by atoms with Crippen molar-refractivity contribution < 1.29 is 8.42 Å². The van der Waals surface area contributed by atoms with Crippen molar-refractivity contribution in [1.29, 1.82) is 5.26 Å². The summed E-state index contributed by atoms with van der Waals surface area (Å²) in [7, 11) is -1.90. The molecule has 0 bridgehead atoms. The lowest BCUT2D eigenvalue weighted by Gasteiger charge is -2.09. The molecule has 0 heterocycles. The summed E-state index contributed by atoms with van der Waals surface area (Å²) < 4.78 is 26.8. The predicted molar refractivity (Wildman–Crippen MR) is 78.0 cm³/mol. The van der Waals surface area contributed by atoms with Gasteiger partial charge in [0.1, 0.15) is 0 Å². The first-order valence-corrected chi connectivity index (χ1v) is 7.34. The topological polar surface area (TPSA) is 82.0 Å². The second-order valence-corrected chi connectivity index (χ2v) is 5.75. The van der Waals surface area contributed by atoms with Crippen LogP contribution >= 0.6 is 0 Å². The molecule has 5 nitrogen and oxygen atoms in total. The second-order valence-electron chi connectivity index (χ2n) is 4.07. The van der Waals surface area contributed by atoms with Crippen LogP contribution in [0.4, 0.5) is 11.4 Å². The van der Waals surface area contributed by atoms with E-state index in [0.29, 0.717) is 11.3 Å². The molecule has 0 spiro atoms. The van der Waals surface area contributed by atoms with Crippen LogP contribution in [0.25, 0.3) is 0 Å². The first-order chi connectivity index (χ1) is 9.55. The number of rotatable bonds is 4. The van der Waals surface area contributed by atoms with Gasteiger partial charge in [0, 0.05) is 18.4 Å². The Hall–Kier alpha value is -2.52. The van der Waals surface area contributed by atoms with Crippen LogP contribution in [0.15, 0.2) is 53.4 Å². The largest absolute Gasteiger partial charge is 0.388 e. The van der Waals surface area contributed by atoms with Crippen molar-refractivity contribution in [3.63, 3.8) is 0 Å². The fourth-order valence-electron chi connectivity index (χ4n) is 1.65. The molecule has 0 unspecified atom stereocenters. The number of benzene rings is 2. The van der Waals surface area contributed by atoms with E-state index in [0.717, 1.165) is 5.69 Å². The Balaban J connectivity index is 2.28. The number of sulfonamides is 1. The molecule has 0 aliphatic carbocycles. The molecular formula is C14H13N3O2S. The fraction of sp³-hybridized carbons (Fsp3) is 0.0714. The molecule has 0 aromatic heterocycles.